The van der Waals surface area contributed by atoms with Gasteiger partial charge in [0.1, 0.15) is 5.01 Å². The second-order valence-corrected chi connectivity index (χ2v) is 8.61. The molecule has 1 aromatic heterocycles. The number of nitrogens with zero attached hydrogens (tertiary/aromatic N) is 2. The van der Waals surface area contributed by atoms with Gasteiger partial charge in [-0.25, -0.2) is 4.98 Å². The van der Waals surface area contributed by atoms with E-state index in [9.17, 15) is 0 Å². The summed E-state index contributed by atoms with van der Waals surface area (Å²) in [6.45, 7) is 10.2. The molecule has 1 saturated heterocycles. The van der Waals surface area contributed by atoms with Crippen molar-refractivity contribution in [2.24, 2.45) is 0 Å². The van der Waals surface area contributed by atoms with Crippen molar-refractivity contribution >= 4 is 11.3 Å². The monoisotopic (exact) mass is 293 g/mol. The van der Waals surface area contributed by atoms with Crippen molar-refractivity contribution in [2.45, 2.75) is 70.0 Å². The molecule has 1 aliphatic carbocycles. The fourth-order valence-electron chi connectivity index (χ4n) is 3.08. The van der Waals surface area contributed by atoms with Crippen LogP contribution >= 0.6 is 11.3 Å². The van der Waals surface area contributed by atoms with E-state index in [4.69, 9.17) is 4.98 Å². The van der Waals surface area contributed by atoms with Gasteiger partial charge in [-0.05, 0) is 33.2 Å². The average Bonchev–Trinajstić information content (AvgIpc) is 2.89. The van der Waals surface area contributed by atoms with Crippen LogP contribution in [0.15, 0.2) is 5.38 Å². The first-order valence-electron chi connectivity index (χ1n) is 7.75. The van der Waals surface area contributed by atoms with Crippen LogP contribution in [0.5, 0.6) is 0 Å². The quantitative estimate of drug-likeness (QED) is 0.928. The van der Waals surface area contributed by atoms with E-state index in [0.29, 0.717) is 6.04 Å². The van der Waals surface area contributed by atoms with Gasteiger partial charge in [-0.2, -0.15) is 0 Å². The van der Waals surface area contributed by atoms with E-state index in [1.54, 1.807) is 0 Å². The summed E-state index contributed by atoms with van der Waals surface area (Å²) < 4.78 is 0. The summed E-state index contributed by atoms with van der Waals surface area (Å²) in [4.78, 5) is 7.48. The Morgan fingerprint density at radius 1 is 1.40 bits per heavy atom. The van der Waals surface area contributed by atoms with Gasteiger partial charge in [-0.3, -0.25) is 0 Å². The highest BCUT2D eigenvalue weighted by Crippen LogP contribution is 2.40. The SMILES string of the molecule is CC1CC(NC2CC2)(c2nc(C(C)(C)C)cs2)CN1C. The van der Waals surface area contributed by atoms with Gasteiger partial charge in [0.25, 0.3) is 0 Å². The van der Waals surface area contributed by atoms with Crippen LogP contribution in [0, 0.1) is 0 Å². The fourth-order valence-corrected chi connectivity index (χ4v) is 4.30. The largest absolute Gasteiger partial charge is 0.301 e. The number of hydrogen-bond donors (Lipinski definition) is 1. The summed E-state index contributed by atoms with van der Waals surface area (Å²) in [5, 5.41) is 7.47. The van der Waals surface area contributed by atoms with Crippen molar-refractivity contribution in [3.8, 4) is 0 Å². The first-order chi connectivity index (χ1) is 9.30. The summed E-state index contributed by atoms with van der Waals surface area (Å²) in [5.41, 5.74) is 1.46. The van der Waals surface area contributed by atoms with Crippen LogP contribution < -0.4 is 5.32 Å². The number of rotatable bonds is 3. The normalized spacial score (nSPS) is 31.9. The van der Waals surface area contributed by atoms with E-state index in [-0.39, 0.29) is 11.0 Å². The van der Waals surface area contributed by atoms with Crippen LogP contribution in [0.1, 0.15) is 57.7 Å². The first kappa shape index (κ1) is 14.5. The number of likely N-dealkylation sites (N-methyl/N-ethyl adjacent to an activating group) is 1. The number of hydrogen-bond acceptors (Lipinski definition) is 4. The minimum Gasteiger partial charge on any atom is -0.301 e. The van der Waals surface area contributed by atoms with Crippen LogP contribution in [0.4, 0.5) is 0 Å². The smallest absolute Gasteiger partial charge is 0.114 e. The molecule has 0 spiro atoms. The Morgan fingerprint density at radius 2 is 2.10 bits per heavy atom. The molecule has 1 aromatic rings. The molecule has 4 heteroatoms. The lowest BCUT2D eigenvalue weighted by Gasteiger charge is -2.28. The maximum atomic E-state index is 5.01. The summed E-state index contributed by atoms with van der Waals surface area (Å²) in [5.74, 6) is 0. The van der Waals surface area contributed by atoms with E-state index in [1.807, 2.05) is 11.3 Å². The lowest BCUT2D eigenvalue weighted by molar-refractivity contribution is 0.296. The molecule has 2 aliphatic rings. The maximum Gasteiger partial charge on any atom is 0.114 e. The molecule has 112 valence electrons. The van der Waals surface area contributed by atoms with Crippen molar-refractivity contribution in [3.05, 3.63) is 16.1 Å². The summed E-state index contributed by atoms with van der Waals surface area (Å²) in [6.07, 6.45) is 3.84. The second kappa shape index (κ2) is 4.79. The van der Waals surface area contributed by atoms with E-state index in [2.05, 4.69) is 50.3 Å². The highest BCUT2D eigenvalue weighted by molar-refractivity contribution is 7.09. The number of thiazole rings is 1. The highest BCUT2D eigenvalue weighted by atomic mass is 32.1. The highest BCUT2D eigenvalue weighted by Gasteiger charge is 2.47. The van der Waals surface area contributed by atoms with E-state index < -0.39 is 0 Å². The lowest BCUT2D eigenvalue weighted by Crippen LogP contribution is -2.45. The van der Waals surface area contributed by atoms with Crippen molar-refractivity contribution in [3.63, 3.8) is 0 Å². The maximum absolute atomic E-state index is 5.01. The van der Waals surface area contributed by atoms with Gasteiger partial charge in [-0.1, -0.05) is 20.8 Å². The van der Waals surface area contributed by atoms with Gasteiger partial charge >= 0.3 is 0 Å². The molecule has 2 unspecified atom stereocenters. The molecule has 2 fully saturated rings. The molecule has 2 atom stereocenters. The zero-order valence-corrected chi connectivity index (χ0v) is 14.2. The molecule has 20 heavy (non-hydrogen) atoms. The molecule has 3 rings (SSSR count). The molecule has 0 amide bonds. The van der Waals surface area contributed by atoms with Crippen LogP contribution in [-0.2, 0) is 11.0 Å². The van der Waals surface area contributed by atoms with Crippen LogP contribution in [0.25, 0.3) is 0 Å². The van der Waals surface area contributed by atoms with Gasteiger partial charge in [-0.15, -0.1) is 11.3 Å². The number of aromatic nitrogens is 1. The molecule has 1 N–H and O–H groups in total. The number of likely N-dealkylation sites (tertiary alicyclic amines) is 1. The third-order valence-corrected chi connectivity index (χ3v) is 5.70. The molecule has 0 bridgehead atoms. The van der Waals surface area contributed by atoms with Gasteiger partial charge in [0.2, 0.25) is 0 Å². The Hall–Kier alpha value is -0.450. The third kappa shape index (κ3) is 2.66. The van der Waals surface area contributed by atoms with Gasteiger partial charge < -0.3 is 10.2 Å². The summed E-state index contributed by atoms with van der Waals surface area (Å²) in [6, 6.07) is 1.35. The average molecular weight is 293 g/mol. The Balaban J connectivity index is 1.91. The molecule has 1 aliphatic heterocycles. The second-order valence-electron chi connectivity index (χ2n) is 7.76. The zero-order chi connectivity index (χ0) is 14.5. The standard InChI is InChI=1S/C16H27N3S/c1-11-8-16(10-19(11)5,18-12-6-7-12)14-17-13(9-20-14)15(2,3)4/h9,11-12,18H,6-8,10H2,1-5H3. The molecular formula is C16H27N3S. The van der Waals surface area contributed by atoms with Crippen molar-refractivity contribution < 1.29 is 0 Å². The Kier molecular flexibility index (Phi) is 3.47. The van der Waals surface area contributed by atoms with Crippen molar-refractivity contribution in [1.82, 2.24) is 15.2 Å². The number of nitrogens with one attached hydrogen (secondary N) is 1. The van der Waals surface area contributed by atoms with Crippen molar-refractivity contribution in [2.75, 3.05) is 13.6 Å². The minimum absolute atomic E-state index is 0.0868. The minimum atomic E-state index is 0.0868. The van der Waals surface area contributed by atoms with E-state index in [0.717, 1.165) is 12.6 Å². The molecule has 1 saturated carbocycles. The molecule has 0 aromatic carbocycles. The van der Waals surface area contributed by atoms with Gasteiger partial charge in [0.05, 0.1) is 11.2 Å². The Labute approximate surface area is 126 Å². The van der Waals surface area contributed by atoms with Crippen LogP contribution in [0.3, 0.4) is 0 Å². The van der Waals surface area contributed by atoms with E-state index in [1.165, 1.54) is 30.0 Å². The van der Waals surface area contributed by atoms with Crippen LogP contribution in [0.2, 0.25) is 0 Å². The van der Waals surface area contributed by atoms with Crippen LogP contribution in [-0.4, -0.2) is 35.6 Å². The fraction of sp³-hybridized carbons (Fsp3) is 0.812. The third-order valence-electron chi connectivity index (χ3n) is 4.66. The van der Waals surface area contributed by atoms with Gasteiger partial charge in [0.15, 0.2) is 0 Å². The predicted molar refractivity (Wildman–Crippen MR) is 85.4 cm³/mol. The molecule has 0 radical (unpaired) electrons. The summed E-state index contributed by atoms with van der Waals surface area (Å²) >= 11 is 1.85. The molecule has 3 nitrogen and oxygen atoms in total. The van der Waals surface area contributed by atoms with Gasteiger partial charge in [0, 0.05) is 29.4 Å². The van der Waals surface area contributed by atoms with E-state index >= 15 is 0 Å². The predicted octanol–water partition coefficient (Wildman–Crippen LogP) is 3.11. The molecule has 2 heterocycles. The topological polar surface area (TPSA) is 28.2 Å². The Bertz CT molecular complexity index is 469. The zero-order valence-electron chi connectivity index (χ0n) is 13.4. The van der Waals surface area contributed by atoms with Crippen molar-refractivity contribution in [1.29, 1.82) is 0 Å². The lowest BCUT2D eigenvalue weighted by atomic mass is 9.92. The molecular weight excluding hydrogens is 266 g/mol. The Morgan fingerprint density at radius 3 is 2.55 bits per heavy atom. The first-order valence-corrected chi connectivity index (χ1v) is 8.62. The summed E-state index contributed by atoms with van der Waals surface area (Å²) in [7, 11) is 2.24.